The summed E-state index contributed by atoms with van der Waals surface area (Å²) >= 11 is 1.81. The molecule has 0 amide bonds. The molecular weight excluding hydrogens is 244 g/mol. The molecular formula is C13H20N4S. The van der Waals surface area contributed by atoms with Crippen LogP contribution in [0, 0.1) is 0 Å². The highest BCUT2D eigenvalue weighted by molar-refractivity contribution is 7.09. The summed E-state index contributed by atoms with van der Waals surface area (Å²) in [4.78, 5) is 5.78. The fourth-order valence-corrected chi connectivity index (χ4v) is 2.80. The van der Waals surface area contributed by atoms with E-state index in [-0.39, 0.29) is 0 Å². The second-order valence-corrected chi connectivity index (χ2v) is 5.40. The van der Waals surface area contributed by atoms with Gasteiger partial charge in [-0.15, -0.1) is 11.3 Å². The Hall–Kier alpha value is -1.20. The number of hydrogen-bond donors (Lipinski definition) is 1. The predicted octanol–water partition coefficient (Wildman–Crippen LogP) is 2.12. The van der Waals surface area contributed by atoms with Gasteiger partial charge in [0.05, 0.1) is 0 Å². The van der Waals surface area contributed by atoms with E-state index in [1.807, 2.05) is 23.1 Å². The van der Waals surface area contributed by atoms with Crippen molar-refractivity contribution in [1.82, 2.24) is 20.1 Å². The van der Waals surface area contributed by atoms with Crippen LogP contribution in [-0.4, -0.2) is 27.9 Å². The Labute approximate surface area is 112 Å². The molecule has 2 heterocycles. The predicted molar refractivity (Wildman–Crippen MR) is 74.9 cm³/mol. The lowest BCUT2D eigenvalue weighted by atomic mass is 10.1. The monoisotopic (exact) mass is 264 g/mol. The average Bonchev–Trinajstić information content (AvgIpc) is 3.01. The number of nitrogens with one attached hydrogen (secondary N) is 1. The smallest absolute Gasteiger partial charge is 0.138 e. The van der Waals surface area contributed by atoms with Crippen LogP contribution in [0.5, 0.6) is 0 Å². The maximum absolute atomic E-state index is 4.37. The first kappa shape index (κ1) is 13.2. The van der Waals surface area contributed by atoms with Crippen LogP contribution in [0.4, 0.5) is 0 Å². The average molecular weight is 264 g/mol. The first-order valence-electron chi connectivity index (χ1n) is 6.39. The molecule has 2 rings (SSSR count). The lowest BCUT2D eigenvalue weighted by molar-refractivity contribution is 0.503. The van der Waals surface area contributed by atoms with E-state index >= 15 is 0 Å². The molecule has 0 aliphatic rings. The summed E-state index contributed by atoms with van der Waals surface area (Å²) in [5, 5.41) is 9.77. The molecule has 0 aromatic carbocycles. The van der Waals surface area contributed by atoms with Crippen molar-refractivity contribution in [2.75, 3.05) is 7.05 Å². The summed E-state index contributed by atoms with van der Waals surface area (Å²) in [5.41, 5.74) is 0. The molecule has 0 spiro atoms. The number of hydrogen-bond acceptors (Lipinski definition) is 4. The summed E-state index contributed by atoms with van der Waals surface area (Å²) in [6.07, 6.45) is 4.72. The minimum atomic E-state index is 0.420. The van der Waals surface area contributed by atoms with Crippen molar-refractivity contribution in [1.29, 1.82) is 0 Å². The third kappa shape index (κ3) is 3.40. The second-order valence-electron chi connectivity index (χ2n) is 4.37. The van der Waals surface area contributed by atoms with Gasteiger partial charge in [0.1, 0.15) is 12.2 Å². The highest BCUT2D eigenvalue weighted by Crippen LogP contribution is 2.13. The van der Waals surface area contributed by atoms with Crippen LogP contribution in [0.25, 0.3) is 0 Å². The van der Waals surface area contributed by atoms with Crippen molar-refractivity contribution >= 4 is 11.3 Å². The fourth-order valence-electron chi connectivity index (χ4n) is 2.01. The van der Waals surface area contributed by atoms with Crippen molar-refractivity contribution in [3.05, 3.63) is 34.5 Å². The SMILES string of the molecule is CCCn1ncnc1CC(Cc1cccs1)NC. The summed E-state index contributed by atoms with van der Waals surface area (Å²) in [7, 11) is 2.01. The molecule has 0 bridgehead atoms. The van der Waals surface area contributed by atoms with Crippen LogP contribution in [0.15, 0.2) is 23.8 Å². The molecule has 18 heavy (non-hydrogen) atoms. The number of nitrogens with zero attached hydrogens (tertiary/aromatic N) is 3. The van der Waals surface area contributed by atoms with Gasteiger partial charge in [-0.2, -0.15) is 5.10 Å². The number of rotatable bonds is 7. The Morgan fingerprint density at radius 2 is 2.33 bits per heavy atom. The summed E-state index contributed by atoms with van der Waals surface area (Å²) in [5.74, 6) is 1.08. The molecule has 1 atom stereocenters. The normalized spacial score (nSPS) is 12.8. The highest BCUT2D eigenvalue weighted by atomic mass is 32.1. The molecule has 0 fully saturated rings. The molecule has 98 valence electrons. The van der Waals surface area contributed by atoms with Gasteiger partial charge >= 0.3 is 0 Å². The molecule has 1 unspecified atom stereocenters. The Morgan fingerprint density at radius 3 is 3.00 bits per heavy atom. The van der Waals surface area contributed by atoms with E-state index in [4.69, 9.17) is 0 Å². The third-order valence-corrected chi connectivity index (χ3v) is 3.89. The van der Waals surface area contributed by atoms with Crippen molar-refractivity contribution in [2.45, 2.75) is 38.8 Å². The van der Waals surface area contributed by atoms with E-state index in [1.165, 1.54) is 4.88 Å². The van der Waals surface area contributed by atoms with Crippen LogP contribution in [-0.2, 0) is 19.4 Å². The molecule has 2 aromatic heterocycles. The molecule has 5 heteroatoms. The first-order valence-corrected chi connectivity index (χ1v) is 7.27. The van der Waals surface area contributed by atoms with E-state index in [9.17, 15) is 0 Å². The summed E-state index contributed by atoms with van der Waals surface area (Å²) in [6, 6.07) is 4.71. The number of aryl methyl sites for hydroxylation is 1. The van der Waals surface area contributed by atoms with E-state index in [1.54, 1.807) is 6.33 Å². The Bertz CT molecular complexity index is 449. The van der Waals surface area contributed by atoms with E-state index < -0.39 is 0 Å². The van der Waals surface area contributed by atoms with Gasteiger partial charge in [-0.25, -0.2) is 4.98 Å². The van der Waals surface area contributed by atoms with Crippen molar-refractivity contribution < 1.29 is 0 Å². The molecule has 0 aliphatic heterocycles. The molecule has 1 N–H and O–H groups in total. The van der Waals surface area contributed by atoms with E-state index in [0.717, 1.165) is 31.6 Å². The molecule has 0 saturated carbocycles. The lowest BCUT2D eigenvalue weighted by Crippen LogP contribution is -2.31. The van der Waals surface area contributed by atoms with Gasteiger partial charge in [-0.05, 0) is 31.3 Å². The van der Waals surface area contributed by atoms with Crippen LogP contribution in [0.2, 0.25) is 0 Å². The van der Waals surface area contributed by atoms with Crippen molar-refractivity contribution in [2.24, 2.45) is 0 Å². The van der Waals surface area contributed by atoms with Crippen LogP contribution in [0.3, 0.4) is 0 Å². The quantitative estimate of drug-likeness (QED) is 0.833. The Kier molecular flexibility index (Phi) is 4.90. The van der Waals surface area contributed by atoms with Gasteiger partial charge in [-0.3, -0.25) is 4.68 Å². The Balaban J connectivity index is 1.99. The van der Waals surface area contributed by atoms with Gasteiger partial charge in [0, 0.05) is 23.9 Å². The van der Waals surface area contributed by atoms with Crippen LogP contribution >= 0.6 is 11.3 Å². The first-order chi connectivity index (χ1) is 8.83. The van der Waals surface area contributed by atoms with Gasteiger partial charge < -0.3 is 5.32 Å². The van der Waals surface area contributed by atoms with E-state index in [0.29, 0.717) is 6.04 Å². The largest absolute Gasteiger partial charge is 0.316 e. The lowest BCUT2D eigenvalue weighted by Gasteiger charge is -2.15. The summed E-state index contributed by atoms with van der Waals surface area (Å²) in [6.45, 7) is 3.11. The standard InChI is InChI=1S/C13H20N4S/c1-3-6-17-13(15-10-16-17)9-11(14-2)8-12-5-4-7-18-12/h4-5,7,10-11,14H,3,6,8-9H2,1-2H3. The summed E-state index contributed by atoms with van der Waals surface area (Å²) < 4.78 is 2.01. The molecule has 0 saturated heterocycles. The fraction of sp³-hybridized carbons (Fsp3) is 0.538. The van der Waals surface area contributed by atoms with Crippen molar-refractivity contribution in [3.8, 4) is 0 Å². The molecule has 4 nitrogen and oxygen atoms in total. The minimum Gasteiger partial charge on any atom is -0.316 e. The maximum Gasteiger partial charge on any atom is 0.138 e. The molecule has 0 aliphatic carbocycles. The van der Waals surface area contributed by atoms with Gasteiger partial charge in [0.2, 0.25) is 0 Å². The van der Waals surface area contributed by atoms with Gasteiger partial charge in [0.25, 0.3) is 0 Å². The Morgan fingerprint density at radius 1 is 1.44 bits per heavy atom. The third-order valence-electron chi connectivity index (χ3n) is 3.00. The second kappa shape index (κ2) is 6.66. The van der Waals surface area contributed by atoms with Crippen LogP contribution in [0.1, 0.15) is 24.0 Å². The van der Waals surface area contributed by atoms with Gasteiger partial charge in [-0.1, -0.05) is 13.0 Å². The minimum absolute atomic E-state index is 0.420. The zero-order valence-electron chi connectivity index (χ0n) is 11.0. The van der Waals surface area contributed by atoms with Crippen LogP contribution < -0.4 is 5.32 Å². The molecule has 0 radical (unpaired) electrons. The van der Waals surface area contributed by atoms with E-state index in [2.05, 4.69) is 39.8 Å². The zero-order chi connectivity index (χ0) is 12.8. The van der Waals surface area contributed by atoms with Crippen molar-refractivity contribution in [3.63, 3.8) is 0 Å². The number of thiophene rings is 1. The topological polar surface area (TPSA) is 42.7 Å². The molecule has 2 aromatic rings. The van der Waals surface area contributed by atoms with Gasteiger partial charge in [0.15, 0.2) is 0 Å². The zero-order valence-corrected chi connectivity index (χ0v) is 11.8. The highest BCUT2D eigenvalue weighted by Gasteiger charge is 2.13. The number of aromatic nitrogens is 3. The number of likely N-dealkylation sites (N-methyl/N-ethyl adjacent to an activating group) is 1. The maximum atomic E-state index is 4.37.